The van der Waals surface area contributed by atoms with Crippen LogP contribution >= 0.6 is 0 Å². The number of phenolic OH excluding ortho intramolecular Hbond substituents is 1. The van der Waals surface area contributed by atoms with Gasteiger partial charge in [0.25, 0.3) is 0 Å². The van der Waals surface area contributed by atoms with E-state index in [0.717, 1.165) is 35.4 Å². The maximum absolute atomic E-state index is 12.1. The summed E-state index contributed by atoms with van der Waals surface area (Å²) < 4.78 is 5.41. The minimum atomic E-state index is -0.126. The van der Waals surface area contributed by atoms with Gasteiger partial charge in [0.05, 0.1) is 6.61 Å². The second-order valence-corrected chi connectivity index (χ2v) is 10.3. The smallest absolute Gasteiger partial charge is 0.306 e. The minimum absolute atomic E-state index is 0.122. The number of carbonyl (C=O) groups is 1. The van der Waals surface area contributed by atoms with Crippen molar-refractivity contribution in [3.63, 3.8) is 0 Å². The lowest BCUT2D eigenvalue weighted by Gasteiger charge is -2.22. The molecule has 1 rings (SSSR count). The van der Waals surface area contributed by atoms with Gasteiger partial charge in [-0.25, -0.2) is 0 Å². The second-order valence-electron chi connectivity index (χ2n) is 10.3. The van der Waals surface area contributed by atoms with Gasteiger partial charge in [-0.3, -0.25) is 4.79 Å². The molecule has 0 aliphatic heterocycles. The zero-order chi connectivity index (χ0) is 22.6. The first-order valence-electron chi connectivity index (χ1n) is 12.1. The number of phenols is 1. The van der Waals surface area contributed by atoms with Gasteiger partial charge >= 0.3 is 5.97 Å². The number of esters is 1. The van der Waals surface area contributed by atoms with Crippen LogP contribution in [0.1, 0.15) is 116 Å². The standard InChI is InChI=1S/C27H46O3/c1-21(2)15-13-11-9-7-8-10-12-14-18-30-25(28)17-16-23-19-22(3)26(29)24(20-23)27(4,5)6/h19-21,29H,7-18H2,1-6H3. The molecule has 0 heterocycles. The summed E-state index contributed by atoms with van der Waals surface area (Å²) >= 11 is 0. The fourth-order valence-electron chi connectivity index (χ4n) is 3.79. The molecule has 0 fully saturated rings. The van der Waals surface area contributed by atoms with E-state index < -0.39 is 0 Å². The van der Waals surface area contributed by atoms with Crippen LogP contribution in [0.4, 0.5) is 0 Å². The number of benzene rings is 1. The van der Waals surface area contributed by atoms with Crippen LogP contribution < -0.4 is 0 Å². The van der Waals surface area contributed by atoms with Crippen molar-refractivity contribution in [3.05, 3.63) is 28.8 Å². The van der Waals surface area contributed by atoms with Gasteiger partial charge in [0.2, 0.25) is 0 Å². The van der Waals surface area contributed by atoms with Crippen molar-refractivity contribution >= 4 is 5.97 Å². The molecule has 0 unspecified atom stereocenters. The third-order valence-electron chi connectivity index (χ3n) is 5.72. The number of aromatic hydroxyl groups is 1. The summed E-state index contributed by atoms with van der Waals surface area (Å²) in [6.45, 7) is 13.3. The van der Waals surface area contributed by atoms with Crippen molar-refractivity contribution < 1.29 is 14.6 Å². The molecular formula is C27H46O3. The number of carbonyl (C=O) groups excluding carboxylic acids is 1. The molecule has 3 nitrogen and oxygen atoms in total. The van der Waals surface area contributed by atoms with Crippen molar-refractivity contribution in [3.8, 4) is 5.75 Å². The van der Waals surface area contributed by atoms with Gasteiger partial charge < -0.3 is 9.84 Å². The number of ether oxygens (including phenoxy) is 1. The van der Waals surface area contributed by atoms with E-state index >= 15 is 0 Å². The van der Waals surface area contributed by atoms with Crippen LogP contribution in [0.5, 0.6) is 5.75 Å². The van der Waals surface area contributed by atoms with Crippen LogP contribution in [0.2, 0.25) is 0 Å². The van der Waals surface area contributed by atoms with E-state index in [1.165, 1.54) is 44.9 Å². The molecule has 30 heavy (non-hydrogen) atoms. The molecule has 0 aromatic heterocycles. The molecular weight excluding hydrogens is 372 g/mol. The van der Waals surface area contributed by atoms with E-state index in [2.05, 4.69) is 34.6 Å². The molecule has 1 N–H and O–H groups in total. The molecule has 0 amide bonds. The summed E-state index contributed by atoms with van der Waals surface area (Å²) in [6.07, 6.45) is 12.5. The lowest BCUT2D eigenvalue weighted by atomic mass is 9.83. The van der Waals surface area contributed by atoms with E-state index in [1.807, 2.05) is 19.1 Å². The first-order chi connectivity index (χ1) is 14.1. The van der Waals surface area contributed by atoms with E-state index in [4.69, 9.17) is 4.74 Å². The highest BCUT2D eigenvalue weighted by molar-refractivity contribution is 5.69. The number of hydrogen-bond donors (Lipinski definition) is 1. The average Bonchev–Trinajstić information content (AvgIpc) is 2.65. The van der Waals surface area contributed by atoms with Crippen molar-refractivity contribution in [2.75, 3.05) is 6.61 Å². The molecule has 172 valence electrons. The van der Waals surface area contributed by atoms with Crippen LogP contribution in [-0.4, -0.2) is 17.7 Å². The van der Waals surface area contributed by atoms with Gasteiger partial charge in [-0.05, 0) is 47.8 Å². The Labute approximate surface area is 185 Å². The zero-order valence-electron chi connectivity index (χ0n) is 20.5. The van der Waals surface area contributed by atoms with Gasteiger partial charge in [0.1, 0.15) is 5.75 Å². The Morgan fingerprint density at radius 1 is 0.967 bits per heavy atom. The van der Waals surface area contributed by atoms with Gasteiger partial charge in [-0.2, -0.15) is 0 Å². The third kappa shape index (κ3) is 11.0. The highest BCUT2D eigenvalue weighted by Gasteiger charge is 2.20. The van der Waals surface area contributed by atoms with Crippen LogP contribution in [0, 0.1) is 12.8 Å². The second kappa shape index (κ2) is 13.7. The highest BCUT2D eigenvalue weighted by atomic mass is 16.5. The van der Waals surface area contributed by atoms with Crippen molar-refractivity contribution in [2.24, 2.45) is 5.92 Å². The maximum Gasteiger partial charge on any atom is 0.306 e. The quantitative estimate of drug-likeness (QED) is 0.249. The minimum Gasteiger partial charge on any atom is -0.507 e. The van der Waals surface area contributed by atoms with Crippen LogP contribution in [0.3, 0.4) is 0 Å². The summed E-state index contributed by atoms with van der Waals surface area (Å²) in [5.41, 5.74) is 2.76. The van der Waals surface area contributed by atoms with E-state index in [9.17, 15) is 9.90 Å². The molecule has 0 radical (unpaired) electrons. The van der Waals surface area contributed by atoms with Crippen LogP contribution in [0.25, 0.3) is 0 Å². The first-order valence-corrected chi connectivity index (χ1v) is 12.1. The van der Waals surface area contributed by atoms with Gasteiger partial charge in [-0.15, -0.1) is 0 Å². The summed E-state index contributed by atoms with van der Waals surface area (Å²) in [5.74, 6) is 1.08. The van der Waals surface area contributed by atoms with Crippen LogP contribution in [0.15, 0.2) is 12.1 Å². The molecule has 0 atom stereocenters. The fraction of sp³-hybridized carbons (Fsp3) is 0.741. The fourth-order valence-corrected chi connectivity index (χ4v) is 3.79. The summed E-state index contributed by atoms with van der Waals surface area (Å²) in [7, 11) is 0. The SMILES string of the molecule is Cc1cc(CCC(=O)OCCCCCCCCCCC(C)C)cc(C(C)(C)C)c1O. The van der Waals surface area contributed by atoms with Crippen molar-refractivity contribution in [1.29, 1.82) is 0 Å². The lowest BCUT2D eigenvalue weighted by molar-refractivity contribution is -0.143. The lowest BCUT2D eigenvalue weighted by Crippen LogP contribution is -2.13. The normalized spacial score (nSPS) is 11.8. The Balaban J connectivity index is 2.15. The van der Waals surface area contributed by atoms with E-state index in [1.54, 1.807) is 0 Å². The highest BCUT2D eigenvalue weighted by Crippen LogP contribution is 2.34. The van der Waals surface area contributed by atoms with Crippen LogP contribution in [-0.2, 0) is 21.4 Å². The largest absolute Gasteiger partial charge is 0.507 e. The van der Waals surface area contributed by atoms with Gasteiger partial charge in [-0.1, -0.05) is 98.1 Å². The first kappa shape index (κ1) is 26.5. The molecule has 1 aromatic rings. The monoisotopic (exact) mass is 418 g/mol. The van der Waals surface area contributed by atoms with Crippen molar-refractivity contribution in [1.82, 2.24) is 0 Å². The zero-order valence-corrected chi connectivity index (χ0v) is 20.5. The summed E-state index contributed by atoms with van der Waals surface area (Å²) in [6, 6.07) is 4.00. The molecule has 0 saturated heterocycles. The summed E-state index contributed by atoms with van der Waals surface area (Å²) in [4.78, 5) is 12.1. The molecule has 1 aromatic carbocycles. The Hall–Kier alpha value is -1.51. The maximum atomic E-state index is 12.1. The average molecular weight is 419 g/mol. The molecule has 0 aliphatic rings. The topological polar surface area (TPSA) is 46.5 Å². The number of aryl methyl sites for hydroxylation is 2. The Bertz CT molecular complexity index is 626. The predicted molar refractivity (Wildman–Crippen MR) is 127 cm³/mol. The Morgan fingerprint density at radius 2 is 1.53 bits per heavy atom. The van der Waals surface area contributed by atoms with Gasteiger partial charge in [0.15, 0.2) is 0 Å². The van der Waals surface area contributed by atoms with E-state index in [-0.39, 0.29) is 11.4 Å². The molecule has 0 saturated carbocycles. The summed E-state index contributed by atoms with van der Waals surface area (Å²) in [5, 5.41) is 10.3. The number of rotatable bonds is 14. The third-order valence-corrected chi connectivity index (χ3v) is 5.72. The van der Waals surface area contributed by atoms with E-state index in [0.29, 0.717) is 25.2 Å². The predicted octanol–water partition coefficient (Wildman–Crippen LogP) is 7.64. The number of hydrogen-bond acceptors (Lipinski definition) is 3. The molecule has 3 heteroatoms. The molecule has 0 aliphatic carbocycles. The number of unbranched alkanes of at least 4 members (excludes halogenated alkanes) is 7. The van der Waals surface area contributed by atoms with Crippen molar-refractivity contribution in [2.45, 2.75) is 118 Å². The van der Waals surface area contributed by atoms with Gasteiger partial charge in [0, 0.05) is 6.42 Å². The molecule has 0 bridgehead atoms. The Morgan fingerprint density at radius 3 is 2.10 bits per heavy atom. The Kier molecular flexibility index (Phi) is 12.1. The molecule has 0 spiro atoms.